The van der Waals surface area contributed by atoms with E-state index < -0.39 is 5.97 Å². The number of nitrogens with zero attached hydrogens (tertiary/aromatic N) is 2. The highest BCUT2D eigenvalue weighted by molar-refractivity contribution is 5.96. The van der Waals surface area contributed by atoms with Gasteiger partial charge in [-0.25, -0.2) is 9.97 Å². The highest BCUT2D eigenvalue weighted by atomic mass is 16.4. The summed E-state index contributed by atoms with van der Waals surface area (Å²) in [7, 11) is 0. The number of carboxylic acids is 1. The summed E-state index contributed by atoms with van der Waals surface area (Å²) in [6.45, 7) is 3.11. The molecule has 3 rings (SSSR count). The van der Waals surface area contributed by atoms with E-state index in [1.165, 1.54) is 6.92 Å². The molecule has 0 aliphatic heterocycles. The second-order valence-corrected chi connectivity index (χ2v) is 7.65. The van der Waals surface area contributed by atoms with Gasteiger partial charge >= 0.3 is 5.97 Å². The zero-order chi connectivity index (χ0) is 25.0. The first-order valence-corrected chi connectivity index (χ1v) is 11.2. The maximum atomic E-state index is 12.5. The number of carbonyl (C=O) groups is 3. The Bertz CT molecular complexity index is 1170. The standard InChI is InChI=1S/C25H28N6O4/c1-17(32)26-11-12-27-21-16-22(31-24(30-21)18-7-3-2-4-8-18)28-13-14-29-25(35)20-10-6-5-9-19(20)15-23(33)34/h2-10,16H,11-15H2,1H3,(H,26,32)(H,29,35)(H,33,34)(H2,27,28,30,31). The van der Waals surface area contributed by atoms with Gasteiger partial charge in [-0.2, -0.15) is 0 Å². The fraction of sp³-hybridized carbons (Fsp3) is 0.240. The van der Waals surface area contributed by atoms with Crippen molar-refractivity contribution in [3.05, 3.63) is 71.8 Å². The normalized spacial score (nSPS) is 10.3. The molecule has 0 bridgehead atoms. The molecule has 0 aliphatic rings. The quantitative estimate of drug-likeness (QED) is 0.250. The van der Waals surface area contributed by atoms with Gasteiger partial charge in [0.25, 0.3) is 5.91 Å². The van der Waals surface area contributed by atoms with Crippen LogP contribution in [0.5, 0.6) is 0 Å². The Labute approximate surface area is 203 Å². The number of amides is 2. The van der Waals surface area contributed by atoms with Crippen LogP contribution in [0.2, 0.25) is 0 Å². The van der Waals surface area contributed by atoms with Crippen LogP contribution in [0, 0.1) is 0 Å². The van der Waals surface area contributed by atoms with Gasteiger partial charge < -0.3 is 26.4 Å². The second kappa shape index (κ2) is 12.7. The van der Waals surface area contributed by atoms with Gasteiger partial charge in [0, 0.05) is 50.3 Å². The smallest absolute Gasteiger partial charge is 0.307 e. The predicted molar refractivity (Wildman–Crippen MR) is 133 cm³/mol. The van der Waals surface area contributed by atoms with Gasteiger partial charge in [-0.05, 0) is 11.6 Å². The molecule has 0 saturated heterocycles. The lowest BCUT2D eigenvalue weighted by Gasteiger charge is -2.13. The van der Waals surface area contributed by atoms with E-state index in [9.17, 15) is 14.4 Å². The van der Waals surface area contributed by atoms with Gasteiger partial charge in [0.05, 0.1) is 6.42 Å². The van der Waals surface area contributed by atoms with Gasteiger partial charge in [0.2, 0.25) is 5.91 Å². The number of aliphatic carboxylic acids is 1. The van der Waals surface area contributed by atoms with E-state index in [-0.39, 0.29) is 18.2 Å². The Morgan fingerprint density at radius 1 is 0.800 bits per heavy atom. The summed E-state index contributed by atoms with van der Waals surface area (Å²) in [5.41, 5.74) is 1.65. The van der Waals surface area contributed by atoms with E-state index in [2.05, 4.69) is 31.2 Å². The van der Waals surface area contributed by atoms with Crippen molar-refractivity contribution in [3.63, 3.8) is 0 Å². The molecule has 10 heteroatoms. The molecule has 35 heavy (non-hydrogen) atoms. The zero-order valence-corrected chi connectivity index (χ0v) is 19.4. The number of rotatable bonds is 12. The summed E-state index contributed by atoms with van der Waals surface area (Å²) >= 11 is 0. The van der Waals surface area contributed by atoms with Gasteiger partial charge in [-0.1, -0.05) is 48.5 Å². The van der Waals surface area contributed by atoms with Gasteiger partial charge in [-0.15, -0.1) is 0 Å². The number of aromatic nitrogens is 2. The molecule has 5 N–H and O–H groups in total. The molecule has 1 aromatic heterocycles. The van der Waals surface area contributed by atoms with Crippen LogP contribution >= 0.6 is 0 Å². The minimum Gasteiger partial charge on any atom is -0.481 e. The van der Waals surface area contributed by atoms with Crippen molar-refractivity contribution in [1.29, 1.82) is 0 Å². The molecule has 182 valence electrons. The summed E-state index contributed by atoms with van der Waals surface area (Å²) < 4.78 is 0. The largest absolute Gasteiger partial charge is 0.481 e. The summed E-state index contributed by atoms with van der Waals surface area (Å²) in [5, 5.41) is 20.9. The second-order valence-electron chi connectivity index (χ2n) is 7.65. The third kappa shape index (κ3) is 8.11. The molecule has 3 aromatic rings. The van der Waals surface area contributed by atoms with E-state index in [0.717, 1.165) is 5.56 Å². The molecule has 0 atom stereocenters. The van der Waals surface area contributed by atoms with Gasteiger partial charge in [0.1, 0.15) is 11.6 Å². The van der Waals surface area contributed by atoms with Crippen molar-refractivity contribution < 1.29 is 19.5 Å². The highest BCUT2D eigenvalue weighted by Crippen LogP contribution is 2.20. The van der Waals surface area contributed by atoms with Crippen molar-refractivity contribution >= 4 is 29.4 Å². The number of benzene rings is 2. The molecule has 10 nitrogen and oxygen atoms in total. The molecule has 2 aromatic carbocycles. The molecular weight excluding hydrogens is 448 g/mol. The van der Waals surface area contributed by atoms with Crippen LogP contribution in [0.1, 0.15) is 22.8 Å². The Morgan fingerprint density at radius 3 is 2.03 bits per heavy atom. The van der Waals surface area contributed by atoms with Crippen LogP contribution in [0.3, 0.4) is 0 Å². The predicted octanol–water partition coefficient (Wildman–Crippen LogP) is 2.16. The lowest BCUT2D eigenvalue weighted by molar-refractivity contribution is -0.136. The lowest BCUT2D eigenvalue weighted by Crippen LogP contribution is -2.30. The molecule has 0 unspecified atom stereocenters. The van der Waals surface area contributed by atoms with E-state index in [0.29, 0.717) is 54.8 Å². The van der Waals surface area contributed by atoms with Crippen LogP contribution in [0.25, 0.3) is 11.4 Å². The fourth-order valence-electron chi connectivity index (χ4n) is 3.29. The Balaban J connectivity index is 1.62. The first-order chi connectivity index (χ1) is 16.9. The average molecular weight is 477 g/mol. The fourth-order valence-corrected chi connectivity index (χ4v) is 3.29. The minimum absolute atomic E-state index is 0.102. The number of nitrogens with one attached hydrogen (secondary N) is 4. The maximum absolute atomic E-state index is 12.5. The van der Waals surface area contributed by atoms with Gasteiger partial charge in [0.15, 0.2) is 5.82 Å². The van der Waals surface area contributed by atoms with Crippen molar-refractivity contribution in [2.75, 3.05) is 36.8 Å². The van der Waals surface area contributed by atoms with Crippen molar-refractivity contribution in [2.45, 2.75) is 13.3 Å². The molecule has 0 aliphatic carbocycles. The van der Waals surface area contributed by atoms with Crippen LogP contribution in [0.15, 0.2) is 60.7 Å². The van der Waals surface area contributed by atoms with Crippen LogP contribution in [-0.2, 0) is 16.0 Å². The molecule has 0 spiro atoms. The van der Waals surface area contributed by atoms with E-state index in [4.69, 9.17) is 5.11 Å². The van der Waals surface area contributed by atoms with Crippen molar-refractivity contribution in [3.8, 4) is 11.4 Å². The minimum atomic E-state index is -0.994. The Hall–Kier alpha value is -4.47. The molecule has 0 radical (unpaired) electrons. The monoisotopic (exact) mass is 476 g/mol. The first kappa shape index (κ1) is 25.2. The number of anilines is 2. The van der Waals surface area contributed by atoms with E-state index in [1.807, 2.05) is 30.3 Å². The number of hydrogen-bond donors (Lipinski definition) is 5. The first-order valence-electron chi connectivity index (χ1n) is 11.2. The van der Waals surface area contributed by atoms with Crippen molar-refractivity contribution in [1.82, 2.24) is 20.6 Å². The number of carboxylic acid groups (broad SMARTS) is 1. The summed E-state index contributed by atoms with van der Waals surface area (Å²) in [4.78, 5) is 43.8. The number of hydrogen-bond acceptors (Lipinski definition) is 7. The lowest BCUT2D eigenvalue weighted by atomic mass is 10.0. The number of carbonyl (C=O) groups excluding carboxylic acids is 2. The molecular formula is C25H28N6O4. The highest BCUT2D eigenvalue weighted by Gasteiger charge is 2.13. The van der Waals surface area contributed by atoms with Crippen LogP contribution in [0.4, 0.5) is 11.6 Å². The SMILES string of the molecule is CC(=O)NCCNc1cc(NCCNC(=O)c2ccccc2CC(=O)O)nc(-c2ccccc2)n1. The summed E-state index contributed by atoms with van der Waals surface area (Å²) in [6.07, 6.45) is -0.219. The van der Waals surface area contributed by atoms with Crippen LogP contribution in [-0.4, -0.2) is 59.0 Å². The molecule has 0 saturated carbocycles. The van der Waals surface area contributed by atoms with Crippen LogP contribution < -0.4 is 21.3 Å². The summed E-state index contributed by atoms with van der Waals surface area (Å²) in [5.74, 6) is 0.265. The van der Waals surface area contributed by atoms with Gasteiger partial charge in [-0.3, -0.25) is 14.4 Å². The van der Waals surface area contributed by atoms with E-state index in [1.54, 1.807) is 30.3 Å². The Morgan fingerprint density at radius 2 is 1.40 bits per heavy atom. The average Bonchev–Trinajstić information content (AvgIpc) is 2.85. The molecule has 0 fully saturated rings. The third-order valence-electron chi connectivity index (χ3n) is 4.88. The van der Waals surface area contributed by atoms with E-state index >= 15 is 0 Å². The molecule has 2 amide bonds. The zero-order valence-electron chi connectivity index (χ0n) is 19.4. The Kier molecular flexibility index (Phi) is 9.12. The summed E-state index contributed by atoms with van der Waals surface area (Å²) in [6, 6.07) is 17.9. The van der Waals surface area contributed by atoms with Crippen molar-refractivity contribution in [2.24, 2.45) is 0 Å². The molecule has 1 heterocycles. The topological polar surface area (TPSA) is 145 Å². The third-order valence-corrected chi connectivity index (χ3v) is 4.88. The maximum Gasteiger partial charge on any atom is 0.307 e.